The van der Waals surface area contributed by atoms with E-state index in [1.54, 1.807) is 0 Å². The normalized spacial score (nSPS) is 41.8. The summed E-state index contributed by atoms with van der Waals surface area (Å²) in [6, 6.07) is 0.725. The summed E-state index contributed by atoms with van der Waals surface area (Å²) >= 11 is 0. The van der Waals surface area contributed by atoms with E-state index in [-0.39, 0.29) is 0 Å². The van der Waals surface area contributed by atoms with E-state index in [0.717, 1.165) is 30.3 Å². The Kier molecular flexibility index (Phi) is 5.50. The second-order valence-corrected chi connectivity index (χ2v) is 6.90. The molecule has 0 aromatic rings. The molecule has 0 bridgehead atoms. The van der Waals surface area contributed by atoms with Crippen LogP contribution in [-0.4, -0.2) is 24.3 Å². The molecule has 0 saturated heterocycles. The summed E-state index contributed by atoms with van der Waals surface area (Å²) in [7, 11) is 0. The molecule has 0 radical (unpaired) electrons. The van der Waals surface area contributed by atoms with Crippen molar-refractivity contribution in [1.29, 1.82) is 0 Å². The van der Waals surface area contributed by atoms with Crippen molar-refractivity contribution in [2.75, 3.05) is 13.2 Å². The van der Waals surface area contributed by atoms with Gasteiger partial charge in [-0.05, 0) is 62.3 Å². The van der Waals surface area contributed by atoms with Gasteiger partial charge in [-0.3, -0.25) is 0 Å². The van der Waals surface area contributed by atoms with Crippen LogP contribution in [0.1, 0.15) is 58.8 Å². The highest BCUT2D eigenvalue weighted by Crippen LogP contribution is 2.31. The van der Waals surface area contributed by atoms with Crippen LogP contribution in [0.3, 0.4) is 0 Å². The first kappa shape index (κ1) is 14.3. The molecule has 2 saturated carbocycles. The summed E-state index contributed by atoms with van der Waals surface area (Å²) in [6.45, 7) is 6.31. The zero-order valence-electron chi connectivity index (χ0n) is 12.2. The molecule has 0 spiro atoms. The summed E-state index contributed by atoms with van der Waals surface area (Å²) in [4.78, 5) is 0. The van der Waals surface area contributed by atoms with Crippen molar-refractivity contribution >= 4 is 0 Å². The largest absolute Gasteiger partial charge is 0.396 e. The number of nitrogens with one attached hydrogen (secondary N) is 1. The second-order valence-electron chi connectivity index (χ2n) is 6.90. The van der Waals surface area contributed by atoms with Gasteiger partial charge in [0, 0.05) is 12.6 Å². The van der Waals surface area contributed by atoms with Crippen molar-refractivity contribution < 1.29 is 5.11 Å². The van der Waals surface area contributed by atoms with Crippen LogP contribution in [0.5, 0.6) is 0 Å². The third kappa shape index (κ3) is 3.71. The molecule has 18 heavy (non-hydrogen) atoms. The molecule has 0 aromatic heterocycles. The minimum Gasteiger partial charge on any atom is -0.396 e. The zero-order chi connectivity index (χ0) is 13.0. The van der Waals surface area contributed by atoms with Gasteiger partial charge in [0.2, 0.25) is 0 Å². The maximum atomic E-state index is 9.46. The predicted octanol–water partition coefficient (Wildman–Crippen LogP) is 3.20. The Morgan fingerprint density at radius 2 is 1.72 bits per heavy atom. The van der Waals surface area contributed by atoms with Crippen LogP contribution in [-0.2, 0) is 0 Å². The van der Waals surface area contributed by atoms with Gasteiger partial charge in [-0.2, -0.15) is 0 Å². The number of hydrogen-bond acceptors (Lipinski definition) is 2. The minimum atomic E-state index is 0.392. The molecular weight excluding hydrogens is 222 g/mol. The van der Waals surface area contributed by atoms with E-state index in [2.05, 4.69) is 19.2 Å². The van der Waals surface area contributed by atoms with Crippen LogP contribution in [0.25, 0.3) is 0 Å². The lowest BCUT2D eigenvalue weighted by Crippen LogP contribution is -2.43. The zero-order valence-corrected chi connectivity index (χ0v) is 12.2. The van der Waals surface area contributed by atoms with E-state index < -0.39 is 0 Å². The lowest BCUT2D eigenvalue weighted by Gasteiger charge is -2.36. The quantitative estimate of drug-likeness (QED) is 0.806. The molecule has 2 N–H and O–H groups in total. The van der Waals surface area contributed by atoms with Crippen molar-refractivity contribution in [3.8, 4) is 0 Å². The van der Waals surface area contributed by atoms with Gasteiger partial charge in [0.25, 0.3) is 0 Å². The van der Waals surface area contributed by atoms with Crippen molar-refractivity contribution in [3.63, 3.8) is 0 Å². The van der Waals surface area contributed by atoms with Crippen molar-refractivity contribution in [3.05, 3.63) is 0 Å². The number of rotatable bonds is 4. The lowest BCUT2D eigenvalue weighted by molar-refractivity contribution is 0.124. The third-order valence-electron chi connectivity index (χ3n) is 5.37. The molecule has 5 atom stereocenters. The fourth-order valence-corrected chi connectivity index (χ4v) is 4.06. The molecule has 2 nitrogen and oxygen atoms in total. The topological polar surface area (TPSA) is 32.3 Å². The molecule has 0 heterocycles. The summed E-state index contributed by atoms with van der Waals surface area (Å²) in [5.41, 5.74) is 0. The summed E-state index contributed by atoms with van der Waals surface area (Å²) in [5.74, 6) is 3.02. The Balaban J connectivity index is 1.76. The van der Waals surface area contributed by atoms with Crippen LogP contribution in [0, 0.1) is 23.7 Å². The smallest absolute Gasteiger partial charge is 0.0462 e. The van der Waals surface area contributed by atoms with Crippen LogP contribution < -0.4 is 5.32 Å². The predicted molar refractivity (Wildman–Crippen MR) is 76.5 cm³/mol. The maximum absolute atomic E-state index is 9.46. The molecule has 2 heteroatoms. The molecule has 5 unspecified atom stereocenters. The van der Waals surface area contributed by atoms with E-state index in [4.69, 9.17) is 0 Å². The van der Waals surface area contributed by atoms with E-state index >= 15 is 0 Å². The Hall–Kier alpha value is -0.0800. The Labute approximate surface area is 113 Å². The number of hydrogen-bond donors (Lipinski definition) is 2. The first-order chi connectivity index (χ1) is 8.70. The average molecular weight is 253 g/mol. The molecule has 2 aliphatic carbocycles. The van der Waals surface area contributed by atoms with Gasteiger partial charge >= 0.3 is 0 Å². The molecule has 2 fully saturated rings. The monoisotopic (exact) mass is 253 g/mol. The third-order valence-corrected chi connectivity index (χ3v) is 5.37. The Bertz CT molecular complexity index is 243. The summed E-state index contributed by atoms with van der Waals surface area (Å²) in [6.07, 6.45) is 9.34. The van der Waals surface area contributed by atoms with E-state index in [9.17, 15) is 5.11 Å². The van der Waals surface area contributed by atoms with Crippen molar-refractivity contribution in [2.24, 2.45) is 23.7 Å². The molecule has 0 aliphatic heterocycles. The fourth-order valence-electron chi connectivity index (χ4n) is 4.06. The van der Waals surface area contributed by atoms with E-state index in [1.165, 1.54) is 44.9 Å². The van der Waals surface area contributed by atoms with Gasteiger partial charge in [0.1, 0.15) is 0 Å². The first-order valence-electron chi connectivity index (χ1n) is 8.05. The van der Waals surface area contributed by atoms with Gasteiger partial charge in [-0.1, -0.05) is 26.7 Å². The van der Waals surface area contributed by atoms with Crippen molar-refractivity contribution in [2.45, 2.75) is 64.8 Å². The highest BCUT2D eigenvalue weighted by Gasteiger charge is 2.28. The first-order valence-corrected chi connectivity index (χ1v) is 8.05. The molecule has 2 rings (SSSR count). The van der Waals surface area contributed by atoms with Gasteiger partial charge in [-0.15, -0.1) is 0 Å². The fraction of sp³-hybridized carbons (Fsp3) is 1.00. The second kappa shape index (κ2) is 6.91. The summed E-state index contributed by atoms with van der Waals surface area (Å²) in [5, 5.41) is 13.3. The molecule has 106 valence electrons. The van der Waals surface area contributed by atoms with E-state index in [1.807, 2.05) is 0 Å². The van der Waals surface area contributed by atoms with Crippen LogP contribution in [0.4, 0.5) is 0 Å². The van der Waals surface area contributed by atoms with E-state index in [0.29, 0.717) is 12.5 Å². The SMILES string of the molecule is CC1CCC(NCC2CCCCC2CO)C(C)C1. The van der Waals surface area contributed by atoms with Gasteiger partial charge in [0.15, 0.2) is 0 Å². The summed E-state index contributed by atoms with van der Waals surface area (Å²) < 4.78 is 0. The van der Waals surface area contributed by atoms with Gasteiger partial charge < -0.3 is 10.4 Å². The van der Waals surface area contributed by atoms with Crippen LogP contribution in [0.2, 0.25) is 0 Å². The number of aliphatic hydroxyl groups is 1. The minimum absolute atomic E-state index is 0.392. The Morgan fingerprint density at radius 1 is 1.00 bits per heavy atom. The highest BCUT2D eigenvalue weighted by atomic mass is 16.3. The van der Waals surface area contributed by atoms with Crippen molar-refractivity contribution in [1.82, 2.24) is 5.32 Å². The molecule has 0 amide bonds. The average Bonchev–Trinajstić information content (AvgIpc) is 2.38. The van der Waals surface area contributed by atoms with Gasteiger partial charge in [0.05, 0.1) is 0 Å². The number of aliphatic hydroxyl groups excluding tert-OH is 1. The molecule has 2 aliphatic rings. The van der Waals surface area contributed by atoms with Crippen LogP contribution >= 0.6 is 0 Å². The van der Waals surface area contributed by atoms with Gasteiger partial charge in [-0.25, -0.2) is 0 Å². The van der Waals surface area contributed by atoms with Crippen LogP contribution in [0.15, 0.2) is 0 Å². The molecular formula is C16H31NO. The molecule has 0 aromatic carbocycles. The Morgan fingerprint density at radius 3 is 2.39 bits per heavy atom. The standard InChI is InChI=1S/C16H31NO/c1-12-7-8-16(13(2)9-12)17-10-14-5-3-4-6-15(14)11-18/h12-18H,3-11H2,1-2H3. The highest BCUT2D eigenvalue weighted by molar-refractivity contribution is 4.84. The maximum Gasteiger partial charge on any atom is 0.0462 e. The lowest BCUT2D eigenvalue weighted by atomic mass is 9.77.